The van der Waals surface area contributed by atoms with Gasteiger partial charge in [0.05, 0.1) is 16.8 Å². The summed E-state index contributed by atoms with van der Waals surface area (Å²) in [6.07, 6.45) is 5.03. The van der Waals surface area contributed by atoms with Gasteiger partial charge in [0.15, 0.2) is 22.8 Å². The predicted molar refractivity (Wildman–Crippen MR) is 129 cm³/mol. The van der Waals surface area contributed by atoms with Gasteiger partial charge in [-0.15, -0.1) is 0 Å². The number of rotatable bonds is 3. The Hall–Kier alpha value is -4.58. The minimum Gasteiger partial charge on any atom is -0.434 e. The maximum atomic E-state index is 13.2. The molecule has 0 N–H and O–H groups in total. The Morgan fingerprint density at radius 1 is 0.882 bits per heavy atom. The second-order valence-electron chi connectivity index (χ2n) is 8.39. The van der Waals surface area contributed by atoms with Gasteiger partial charge in [-0.2, -0.15) is 4.98 Å². The molecule has 0 saturated heterocycles. The summed E-state index contributed by atoms with van der Waals surface area (Å²) in [6, 6.07) is 18.8. The average Bonchev–Trinajstić information content (AvgIpc) is 3.47. The predicted octanol–water partition coefficient (Wildman–Crippen LogP) is 5.76. The van der Waals surface area contributed by atoms with Gasteiger partial charge in [0.2, 0.25) is 5.89 Å². The van der Waals surface area contributed by atoms with E-state index in [4.69, 9.17) is 9.40 Å². The first kappa shape index (κ1) is 20.1. The number of carbonyl (C=O) groups excluding carboxylic acids is 2. The number of allylic oxidation sites excluding steroid dienone is 1. The number of Topliss-reactive ketones (excluding diaryl/α,β-unsaturated/α-hetero) is 2. The molecule has 6 rings (SSSR count). The summed E-state index contributed by atoms with van der Waals surface area (Å²) in [6.45, 7) is 3.88. The van der Waals surface area contributed by atoms with Crippen molar-refractivity contribution in [1.29, 1.82) is 0 Å². The number of hydrogen-bond donors (Lipinski definition) is 0. The van der Waals surface area contributed by atoms with Gasteiger partial charge in [0.1, 0.15) is 0 Å². The summed E-state index contributed by atoms with van der Waals surface area (Å²) < 4.78 is 7.93. The van der Waals surface area contributed by atoms with E-state index >= 15 is 0 Å². The van der Waals surface area contributed by atoms with Crippen molar-refractivity contribution in [2.45, 2.75) is 13.8 Å². The molecule has 3 heterocycles. The minimum atomic E-state index is -0.260. The van der Waals surface area contributed by atoms with E-state index in [2.05, 4.69) is 4.98 Å². The smallest absolute Gasteiger partial charge is 0.230 e. The van der Waals surface area contributed by atoms with Crippen LogP contribution in [0.3, 0.4) is 0 Å². The normalized spacial score (nSPS) is 13.1. The van der Waals surface area contributed by atoms with Crippen LogP contribution in [0.25, 0.3) is 34.4 Å². The van der Waals surface area contributed by atoms with Crippen LogP contribution in [-0.4, -0.2) is 26.1 Å². The van der Waals surface area contributed by atoms with Gasteiger partial charge in [-0.1, -0.05) is 18.2 Å². The van der Waals surface area contributed by atoms with Crippen LogP contribution in [0.2, 0.25) is 0 Å². The molecule has 0 fully saturated rings. The summed E-state index contributed by atoms with van der Waals surface area (Å²) in [5.41, 5.74) is 6.43. The van der Waals surface area contributed by atoms with Gasteiger partial charge in [0, 0.05) is 35.3 Å². The fraction of sp³-hybridized carbons (Fsp3) is 0.0714. The van der Waals surface area contributed by atoms with E-state index < -0.39 is 0 Å². The molecule has 0 aliphatic heterocycles. The summed E-state index contributed by atoms with van der Waals surface area (Å²) in [5.74, 6) is -0.0672. The van der Waals surface area contributed by atoms with Crippen molar-refractivity contribution in [3.05, 3.63) is 107 Å². The number of hydrogen-bond acceptors (Lipinski definition) is 5. The fourth-order valence-electron chi connectivity index (χ4n) is 4.33. The topological polar surface area (TPSA) is 78.0 Å². The lowest BCUT2D eigenvalue weighted by atomic mass is 10.0. The van der Waals surface area contributed by atoms with Crippen LogP contribution in [0.1, 0.15) is 37.5 Å². The van der Waals surface area contributed by atoms with Gasteiger partial charge in [-0.05, 0) is 67.4 Å². The molecule has 3 aromatic heterocycles. The van der Waals surface area contributed by atoms with Crippen molar-refractivity contribution in [2.75, 3.05) is 0 Å². The Morgan fingerprint density at radius 3 is 2.24 bits per heavy atom. The van der Waals surface area contributed by atoms with Crippen LogP contribution < -0.4 is 0 Å². The second-order valence-corrected chi connectivity index (χ2v) is 8.39. The summed E-state index contributed by atoms with van der Waals surface area (Å²) >= 11 is 0. The van der Waals surface area contributed by atoms with E-state index in [1.165, 1.54) is 0 Å². The zero-order chi connectivity index (χ0) is 23.4. The molecule has 0 spiro atoms. The molecule has 6 nitrogen and oxygen atoms in total. The second kappa shape index (κ2) is 7.49. The monoisotopic (exact) mass is 445 g/mol. The van der Waals surface area contributed by atoms with Gasteiger partial charge >= 0.3 is 0 Å². The number of carbonyl (C=O) groups is 2. The SMILES string of the molecule is Cc1cc2c(cc1C)C(=O)C(=Cc1cc3oc(-c4cccnc4)nc3n1-c1ccccc1)C2=O. The number of benzene rings is 2. The van der Waals surface area contributed by atoms with Gasteiger partial charge in [0.25, 0.3) is 0 Å². The van der Waals surface area contributed by atoms with Crippen molar-refractivity contribution >= 4 is 28.9 Å². The van der Waals surface area contributed by atoms with E-state index in [9.17, 15) is 9.59 Å². The zero-order valence-corrected chi connectivity index (χ0v) is 18.6. The quantitative estimate of drug-likeness (QED) is 0.261. The first-order valence-corrected chi connectivity index (χ1v) is 10.9. The van der Waals surface area contributed by atoms with Gasteiger partial charge in [-0.3, -0.25) is 19.1 Å². The number of pyridine rings is 1. The lowest BCUT2D eigenvalue weighted by Crippen LogP contribution is -2.03. The van der Waals surface area contributed by atoms with Crippen LogP contribution in [0.5, 0.6) is 0 Å². The molecule has 1 aliphatic rings. The summed E-state index contributed by atoms with van der Waals surface area (Å²) in [4.78, 5) is 35.2. The molecule has 34 heavy (non-hydrogen) atoms. The Bertz CT molecular complexity index is 1600. The van der Waals surface area contributed by atoms with Gasteiger partial charge < -0.3 is 4.42 Å². The van der Waals surface area contributed by atoms with E-state index in [0.29, 0.717) is 33.9 Å². The number of aromatic nitrogens is 3. The molecule has 0 radical (unpaired) electrons. The molecule has 0 unspecified atom stereocenters. The molecule has 164 valence electrons. The number of fused-ring (bicyclic) bond motifs is 2. The third-order valence-corrected chi connectivity index (χ3v) is 6.21. The average molecular weight is 445 g/mol. The Morgan fingerprint density at radius 2 is 1.59 bits per heavy atom. The third kappa shape index (κ3) is 3.03. The molecule has 2 aromatic carbocycles. The lowest BCUT2D eigenvalue weighted by Gasteiger charge is -2.07. The van der Waals surface area contributed by atoms with Crippen LogP contribution in [0, 0.1) is 13.8 Å². The van der Waals surface area contributed by atoms with E-state index in [-0.39, 0.29) is 17.1 Å². The maximum absolute atomic E-state index is 13.2. The molecular weight excluding hydrogens is 426 g/mol. The van der Waals surface area contributed by atoms with E-state index in [0.717, 1.165) is 22.4 Å². The molecule has 0 amide bonds. The Balaban J connectivity index is 1.54. The number of aryl methyl sites for hydroxylation is 2. The van der Waals surface area contributed by atoms with E-state index in [1.54, 1.807) is 30.6 Å². The highest BCUT2D eigenvalue weighted by Gasteiger charge is 2.34. The number of nitrogens with zero attached hydrogens (tertiary/aromatic N) is 3. The Kier molecular flexibility index (Phi) is 4.42. The standard InChI is InChI=1S/C28H19N3O3/c1-16-11-21-22(12-17(16)2)26(33)23(25(21)32)13-20-14-24-27(31(20)19-8-4-3-5-9-19)30-28(34-24)18-7-6-10-29-15-18/h3-15H,1-2H3. The highest BCUT2D eigenvalue weighted by atomic mass is 16.3. The highest BCUT2D eigenvalue weighted by Crippen LogP contribution is 2.33. The molecule has 0 saturated carbocycles. The van der Waals surface area contributed by atoms with Crippen LogP contribution >= 0.6 is 0 Å². The van der Waals surface area contributed by atoms with Crippen LogP contribution in [0.4, 0.5) is 0 Å². The molecule has 0 bridgehead atoms. The number of para-hydroxylation sites is 1. The first-order valence-electron chi connectivity index (χ1n) is 10.9. The largest absolute Gasteiger partial charge is 0.434 e. The molecule has 5 aromatic rings. The number of oxazole rings is 1. The maximum Gasteiger partial charge on any atom is 0.230 e. The van der Waals surface area contributed by atoms with Crippen molar-refractivity contribution in [3.8, 4) is 17.1 Å². The highest BCUT2D eigenvalue weighted by molar-refractivity contribution is 6.41. The molecule has 6 heteroatoms. The van der Waals surface area contributed by atoms with Crippen LogP contribution in [0.15, 0.2) is 83.0 Å². The van der Waals surface area contributed by atoms with Gasteiger partial charge in [-0.25, -0.2) is 0 Å². The van der Waals surface area contributed by atoms with E-state index in [1.807, 2.05) is 66.9 Å². The Labute approximate surface area is 195 Å². The number of ketones is 2. The van der Waals surface area contributed by atoms with Crippen molar-refractivity contribution in [2.24, 2.45) is 0 Å². The third-order valence-electron chi connectivity index (χ3n) is 6.21. The van der Waals surface area contributed by atoms with Crippen LogP contribution in [-0.2, 0) is 0 Å². The van der Waals surface area contributed by atoms with Crippen molar-refractivity contribution in [1.82, 2.24) is 14.5 Å². The van der Waals surface area contributed by atoms with Crippen molar-refractivity contribution in [3.63, 3.8) is 0 Å². The molecular formula is C28H19N3O3. The van der Waals surface area contributed by atoms with Crippen molar-refractivity contribution < 1.29 is 14.0 Å². The zero-order valence-electron chi connectivity index (χ0n) is 18.6. The molecule has 1 aliphatic carbocycles. The first-order chi connectivity index (χ1) is 16.5. The minimum absolute atomic E-state index is 0.143. The summed E-state index contributed by atoms with van der Waals surface area (Å²) in [7, 11) is 0. The molecule has 0 atom stereocenters. The lowest BCUT2D eigenvalue weighted by molar-refractivity contribution is 0.0990. The fourth-order valence-corrected chi connectivity index (χ4v) is 4.33. The summed E-state index contributed by atoms with van der Waals surface area (Å²) in [5, 5.41) is 0.